The third kappa shape index (κ3) is 4.97. The predicted octanol–water partition coefficient (Wildman–Crippen LogP) is 2.49. The Balaban J connectivity index is 4.02. The van der Waals surface area contributed by atoms with E-state index in [0.29, 0.717) is 12.1 Å². The fourth-order valence-electron chi connectivity index (χ4n) is 1.74. The van der Waals surface area contributed by atoms with E-state index in [4.69, 9.17) is 0 Å². The van der Waals surface area contributed by atoms with Gasteiger partial charge in [0.25, 0.3) is 0 Å². The Labute approximate surface area is 90.1 Å². The second-order valence-corrected chi connectivity index (χ2v) is 4.17. The molecule has 2 heteroatoms. The van der Waals surface area contributed by atoms with Gasteiger partial charge in [-0.15, -0.1) is 0 Å². The maximum atomic E-state index is 3.45. The Morgan fingerprint density at radius 3 is 2.29 bits per heavy atom. The lowest BCUT2D eigenvalue weighted by Gasteiger charge is -2.32. The molecule has 0 fully saturated rings. The zero-order valence-corrected chi connectivity index (χ0v) is 10.6. The number of hydrogen-bond acceptors (Lipinski definition) is 2. The smallest absolute Gasteiger partial charge is 0.0220 e. The Kier molecular flexibility index (Phi) is 8.20. The summed E-state index contributed by atoms with van der Waals surface area (Å²) >= 11 is 0. The molecular formula is C12H28N2. The van der Waals surface area contributed by atoms with Gasteiger partial charge >= 0.3 is 0 Å². The Morgan fingerprint density at radius 2 is 1.86 bits per heavy atom. The summed E-state index contributed by atoms with van der Waals surface area (Å²) in [5.74, 6) is 0. The van der Waals surface area contributed by atoms with Crippen LogP contribution in [0.1, 0.15) is 47.0 Å². The van der Waals surface area contributed by atoms with Crippen LogP contribution in [0.25, 0.3) is 0 Å². The predicted molar refractivity (Wildman–Crippen MR) is 64.8 cm³/mol. The maximum Gasteiger partial charge on any atom is 0.0220 e. The molecule has 86 valence electrons. The molecule has 0 radical (unpaired) electrons. The van der Waals surface area contributed by atoms with Crippen molar-refractivity contribution in [3.8, 4) is 0 Å². The van der Waals surface area contributed by atoms with Crippen LogP contribution in [0.4, 0.5) is 0 Å². The SMILES string of the molecule is CCCC(CNCC)N(C)C(C)CC. The average Bonchev–Trinajstić information content (AvgIpc) is 2.22. The summed E-state index contributed by atoms with van der Waals surface area (Å²) in [5, 5.41) is 3.45. The largest absolute Gasteiger partial charge is 0.315 e. The van der Waals surface area contributed by atoms with Crippen LogP contribution in [0, 0.1) is 0 Å². The summed E-state index contributed by atoms with van der Waals surface area (Å²) in [6.45, 7) is 11.2. The van der Waals surface area contributed by atoms with E-state index in [0.717, 1.165) is 13.1 Å². The molecule has 0 heterocycles. The molecule has 0 aromatic carbocycles. The summed E-state index contributed by atoms with van der Waals surface area (Å²) in [5.41, 5.74) is 0. The molecule has 0 aromatic heterocycles. The van der Waals surface area contributed by atoms with E-state index >= 15 is 0 Å². The van der Waals surface area contributed by atoms with Gasteiger partial charge in [0.1, 0.15) is 0 Å². The zero-order valence-electron chi connectivity index (χ0n) is 10.6. The third-order valence-corrected chi connectivity index (χ3v) is 3.11. The van der Waals surface area contributed by atoms with E-state index in [2.05, 4.69) is 45.0 Å². The molecule has 1 N–H and O–H groups in total. The molecular weight excluding hydrogens is 172 g/mol. The van der Waals surface area contributed by atoms with E-state index in [1.807, 2.05) is 0 Å². The molecule has 0 rings (SSSR count). The van der Waals surface area contributed by atoms with Crippen molar-refractivity contribution in [2.75, 3.05) is 20.1 Å². The number of likely N-dealkylation sites (N-methyl/N-ethyl adjacent to an activating group) is 2. The molecule has 0 bridgehead atoms. The monoisotopic (exact) mass is 200 g/mol. The van der Waals surface area contributed by atoms with Crippen molar-refractivity contribution in [3.05, 3.63) is 0 Å². The van der Waals surface area contributed by atoms with Gasteiger partial charge in [-0.3, -0.25) is 4.90 Å². The molecule has 2 atom stereocenters. The fourth-order valence-corrected chi connectivity index (χ4v) is 1.74. The first-order valence-corrected chi connectivity index (χ1v) is 6.09. The second-order valence-electron chi connectivity index (χ2n) is 4.17. The standard InChI is InChI=1S/C12H28N2/c1-6-9-12(10-13-8-3)14(5)11(4)7-2/h11-13H,6-10H2,1-5H3. The quantitative estimate of drug-likeness (QED) is 0.647. The van der Waals surface area contributed by atoms with E-state index in [-0.39, 0.29) is 0 Å². The Hall–Kier alpha value is -0.0800. The number of nitrogens with zero attached hydrogens (tertiary/aromatic N) is 1. The van der Waals surface area contributed by atoms with Crippen LogP contribution in [0.3, 0.4) is 0 Å². The van der Waals surface area contributed by atoms with Gasteiger partial charge in [0.2, 0.25) is 0 Å². The van der Waals surface area contributed by atoms with Crippen molar-refractivity contribution in [3.63, 3.8) is 0 Å². The van der Waals surface area contributed by atoms with Crippen LogP contribution in [0.15, 0.2) is 0 Å². The van der Waals surface area contributed by atoms with Gasteiger partial charge in [0.05, 0.1) is 0 Å². The van der Waals surface area contributed by atoms with Crippen molar-refractivity contribution >= 4 is 0 Å². The summed E-state index contributed by atoms with van der Waals surface area (Å²) in [4.78, 5) is 2.52. The minimum Gasteiger partial charge on any atom is -0.315 e. The van der Waals surface area contributed by atoms with Crippen molar-refractivity contribution in [2.45, 2.75) is 59.0 Å². The molecule has 0 aromatic rings. The summed E-state index contributed by atoms with van der Waals surface area (Å²) in [6, 6.07) is 1.40. The lowest BCUT2D eigenvalue weighted by atomic mass is 10.1. The molecule has 14 heavy (non-hydrogen) atoms. The molecule has 0 aliphatic carbocycles. The van der Waals surface area contributed by atoms with E-state index in [9.17, 15) is 0 Å². The van der Waals surface area contributed by atoms with Gasteiger partial charge < -0.3 is 5.32 Å². The first kappa shape index (κ1) is 13.9. The molecule has 0 aliphatic rings. The summed E-state index contributed by atoms with van der Waals surface area (Å²) in [7, 11) is 2.26. The molecule has 0 saturated heterocycles. The van der Waals surface area contributed by atoms with E-state index in [1.165, 1.54) is 19.3 Å². The molecule has 0 saturated carbocycles. The molecule has 2 nitrogen and oxygen atoms in total. The highest BCUT2D eigenvalue weighted by atomic mass is 15.2. The molecule has 0 amide bonds. The first-order chi connectivity index (χ1) is 6.67. The van der Waals surface area contributed by atoms with Crippen LogP contribution < -0.4 is 5.32 Å². The van der Waals surface area contributed by atoms with Crippen LogP contribution in [0.5, 0.6) is 0 Å². The van der Waals surface area contributed by atoms with Gasteiger partial charge in [-0.1, -0.05) is 27.2 Å². The lowest BCUT2D eigenvalue weighted by Crippen LogP contribution is -2.44. The number of rotatable bonds is 8. The van der Waals surface area contributed by atoms with Gasteiger partial charge in [-0.2, -0.15) is 0 Å². The third-order valence-electron chi connectivity index (χ3n) is 3.11. The van der Waals surface area contributed by atoms with Crippen molar-refractivity contribution < 1.29 is 0 Å². The van der Waals surface area contributed by atoms with Gasteiger partial charge in [0, 0.05) is 18.6 Å². The summed E-state index contributed by atoms with van der Waals surface area (Å²) < 4.78 is 0. The number of nitrogens with one attached hydrogen (secondary N) is 1. The fraction of sp³-hybridized carbons (Fsp3) is 1.00. The molecule has 0 spiro atoms. The van der Waals surface area contributed by atoms with Gasteiger partial charge in [0.15, 0.2) is 0 Å². The summed E-state index contributed by atoms with van der Waals surface area (Å²) in [6.07, 6.45) is 3.81. The minimum atomic E-state index is 0.699. The number of hydrogen-bond donors (Lipinski definition) is 1. The highest BCUT2D eigenvalue weighted by molar-refractivity contribution is 4.74. The van der Waals surface area contributed by atoms with Crippen LogP contribution in [0.2, 0.25) is 0 Å². The highest BCUT2D eigenvalue weighted by Gasteiger charge is 2.16. The Bertz CT molecular complexity index is 125. The highest BCUT2D eigenvalue weighted by Crippen LogP contribution is 2.10. The van der Waals surface area contributed by atoms with Crippen LogP contribution in [-0.4, -0.2) is 37.1 Å². The average molecular weight is 200 g/mol. The first-order valence-electron chi connectivity index (χ1n) is 6.09. The molecule has 2 unspecified atom stereocenters. The zero-order chi connectivity index (χ0) is 11.0. The normalized spacial score (nSPS) is 15.9. The topological polar surface area (TPSA) is 15.3 Å². The van der Waals surface area contributed by atoms with Gasteiger partial charge in [-0.25, -0.2) is 0 Å². The van der Waals surface area contributed by atoms with E-state index < -0.39 is 0 Å². The van der Waals surface area contributed by atoms with E-state index in [1.54, 1.807) is 0 Å². The Morgan fingerprint density at radius 1 is 1.21 bits per heavy atom. The van der Waals surface area contributed by atoms with Crippen LogP contribution in [-0.2, 0) is 0 Å². The van der Waals surface area contributed by atoms with Gasteiger partial charge in [-0.05, 0) is 33.4 Å². The molecule has 0 aliphatic heterocycles. The van der Waals surface area contributed by atoms with Crippen molar-refractivity contribution in [2.24, 2.45) is 0 Å². The lowest BCUT2D eigenvalue weighted by molar-refractivity contribution is 0.167. The van der Waals surface area contributed by atoms with Crippen molar-refractivity contribution in [1.82, 2.24) is 10.2 Å². The maximum absolute atomic E-state index is 3.45. The van der Waals surface area contributed by atoms with Crippen molar-refractivity contribution in [1.29, 1.82) is 0 Å². The van der Waals surface area contributed by atoms with Crippen LogP contribution >= 0.6 is 0 Å². The second kappa shape index (κ2) is 8.25. The minimum absolute atomic E-state index is 0.699.